The van der Waals surface area contributed by atoms with Crippen LogP contribution in [0.5, 0.6) is 0 Å². The third kappa shape index (κ3) is 4.38. The Balaban J connectivity index is 1.30. The lowest BCUT2D eigenvalue weighted by Gasteiger charge is -2.09. The van der Waals surface area contributed by atoms with Gasteiger partial charge in [-0.3, -0.25) is 9.59 Å². The Morgan fingerprint density at radius 3 is 2.50 bits per heavy atom. The van der Waals surface area contributed by atoms with Crippen molar-refractivity contribution in [1.82, 2.24) is 24.5 Å². The number of carbonyl (C=O) groups is 1. The molecular weight excluding hydrogens is 448 g/mol. The van der Waals surface area contributed by atoms with Crippen molar-refractivity contribution >= 4 is 33.1 Å². The summed E-state index contributed by atoms with van der Waals surface area (Å²) in [5.41, 5.74) is 5.17. The van der Waals surface area contributed by atoms with Gasteiger partial charge in [-0.1, -0.05) is 6.07 Å². The number of carbonyl (C=O) groups excluding carboxylic acids is 1. The summed E-state index contributed by atoms with van der Waals surface area (Å²) < 4.78 is 3.93. The maximum atomic E-state index is 12.6. The van der Waals surface area contributed by atoms with Gasteiger partial charge in [-0.15, -0.1) is 16.4 Å². The van der Waals surface area contributed by atoms with E-state index in [9.17, 15) is 9.59 Å². The van der Waals surface area contributed by atoms with E-state index in [1.165, 1.54) is 11.6 Å². The monoisotopic (exact) mass is 470 g/mol. The fourth-order valence-electron chi connectivity index (χ4n) is 3.71. The van der Waals surface area contributed by atoms with Gasteiger partial charge in [-0.2, -0.15) is 5.10 Å². The number of hydrogen-bond donors (Lipinski definition) is 1. The van der Waals surface area contributed by atoms with E-state index in [4.69, 9.17) is 4.98 Å². The molecule has 1 N–H and O–H groups in total. The van der Waals surface area contributed by atoms with E-state index in [0.29, 0.717) is 11.5 Å². The smallest absolute Gasteiger partial charge is 0.267 e. The molecule has 0 spiro atoms. The van der Waals surface area contributed by atoms with Crippen molar-refractivity contribution in [2.75, 3.05) is 5.32 Å². The number of rotatable bonds is 5. The number of hydrogen-bond acceptors (Lipinski definition) is 6. The van der Waals surface area contributed by atoms with Crippen molar-refractivity contribution in [2.45, 2.75) is 27.3 Å². The van der Waals surface area contributed by atoms with Crippen LogP contribution in [0.4, 0.5) is 5.69 Å². The van der Waals surface area contributed by atoms with E-state index in [-0.39, 0.29) is 18.0 Å². The number of thiazole rings is 1. The molecule has 0 saturated heterocycles. The van der Waals surface area contributed by atoms with Crippen molar-refractivity contribution in [1.29, 1.82) is 0 Å². The number of amides is 1. The van der Waals surface area contributed by atoms with Gasteiger partial charge in [0.15, 0.2) is 5.82 Å². The van der Waals surface area contributed by atoms with E-state index < -0.39 is 0 Å². The Labute approximate surface area is 199 Å². The van der Waals surface area contributed by atoms with Gasteiger partial charge < -0.3 is 5.32 Å². The predicted octanol–water partition coefficient (Wildman–Crippen LogP) is 4.27. The third-order valence-electron chi connectivity index (χ3n) is 5.33. The highest BCUT2D eigenvalue weighted by atomic mass is 32.1. The molecule has 0 aliphatic heterocycles. The molecule has 0 aliphatic carbocycles. The maximum Gasteiger partial charge on any atom is 0.267 e. The minimum absolute atomic E-state index is 0.203. The summed E-state index contributed by atoms with van der Waals surface area (Å²) in [7, 11) is 0. The highest BCUT2D eigenvalue weighted by molar-refractivity contribution is 7.21. The zero-order chi connectivity index (χ0) is 23.8. The van der Waals surface area contributed by atoms with Crippen LogP contribution in [0.3, 0.4) is 0 Å². The van der Waals surface area contributed by atoms with E-state index in [2.05, 4.69) is 34.6 Å². The summed E-state index contributed by atoms with van der Waals surface area (Å²) in [6.45, 7) is 5.65. The predicted molar refractivity (Wildman–Crippen MR) is 134 cm³/mol. The van der Waals surface area contributed by atoms with Crippen molar-refractivity contribution in [3.63, 3.8) is 0 Å². The van der Waals surface area contributed by atoms with Gasteiger partial charge in [0.2, 0.25) is 5.91 Å². The molecule has 0 saturated carbocycles. The SMILES string of the molecule is Cc1ccc2nc(-c3ccc(NC(=O)Cn4nc(-n5nc(C)cc5C)ccc4=O)cc3)sc2c1. The van der Waals surface area contributed by atoms with Crippen LogP contribution >= 0.6 is 11.3 Å². The third-order valence-corrected chi connectivity index (χ3v) is 6.40. The van der Waals surface area contributed by atoms with Crippen molar-refractivity contribution in [2.24, 2.45) is 0 Å². The second kappa shape index (κ2) is 8.68. The topological polar surface area (TPSA) is 94.7 Å². The number of nitrogens with one attached hydrogen (secondary N) is 1. The molecule has 1 amide bonds. The zero-order valence-corrected chi connectivity index (χ0v) is 19.8. The van der Waals surface area contributed by atoms with Crippen LogP contribution in [0.2, 0.25) is 0 Å². The van der Waals surface area contributed by atoms with E-state index in [0.717, 1.165) is 36.9 Å². The summed E-state index contributed by atoms with van der Waals surface area (Å²) in [4.78, 5) is 29.6. The highest BCUT2D eigenvalue weighted by Gasteiger charge is 2.11. The van der Waals surface area contributed by atoms with Gasteiger partial charge in [0.05, 0.1) is 15.9 Å². The van der Waals surface area contributed by atoms with Crippen molar-refractivity contribution < 1.29 is 4.79 Å². The fraction of sp³-hybridized carbons (Fsp3) is 0.160. The average Bonchev–Trinajstić information content (AvgIpc) is 3.37. The Hall–Kier alpha value is -4.11. The Morgan fingerprint density at radius 2 is 1.76 bits per heavy atom. The number of aromatic nitrogens is 5. The van der Waals surface area contributed by atoms with Gasteiger partial charge in [0.25, 0.3) is 5.56 Å². The highest BCUT2D eigenvalue weighted by Crippen LogP contribution is 2.31. The quantitative estimate of drug-likeness (QED) is 0.414. The van der Waals surface area contributed by atoms with Crippen LogP contribution in [0.25, 0.3) is 26.6 Å². The van der Waals surface area contributed by atoms with Crippen LogP contribution in [0.1, 0.15) is 17.0 Å². The lowest BCUT2D eigenvalue weighted by atomic mass is 10.2. The molecule has 170 valence electrons. The fourth-order valence-corrected chi connectivity index (χ4v) is 4.78. The van der Waals surface area contributed by atoms with E-state index >= 15 is 0 Å². The molecule has 8 nitrogen and oxygen atoms in total. The first kappa shape index (κ1) is 21.7. The second-order valence-corrected chi connectivity index (χ2v) is 9.17. The first-order valence-electron chi connectivity index (χ1n) is 10.7. The molecule has 3 aromatic heterocycles. The normalized spacial score (nSPS) is 11.1. The van der Waals surface area contributed by atoms with Gasteiger partial charge in [0.1, 0.15) is 11.6 Å². The molecule has 3 heterocycles. The largest absolute Gasteiger partial charge is 0.324 e. The molecule has 9 heteroatoms. The van der Waals surface area contributed by atoms with Gasteiger partial charge >= 0.3 is 0 Å². The number of aryl methyl sites for hydroxylation is 3. The van der Waals surface area contributed by atoms with Crippen LogP contribution in [0, 0.1) is 20.8 Å². The number of benzene rings is 2. The molecule has 34 heavy (non-hydrogen) atoms. The minimum atomic E-state index is -0.359. The van der Waals surface area contributed by atoms with Gasteiger partial charge in [-0.05, 0) is 74.9 Å². The molecule has 0 bridgehead atoms. The second-order valence-electron chi connectivity index (χ2n) is 8.14. The minimum Gasteiger partial charge on any atom is -0.324 e. The van der Waals surface area contributed by atoms with Gasteiger partial charge in [-0.25, -0.2) is 14.3 Å². The van der Waals surface area contributed by atoms with Crippen molar-refractivity contribution in [3.8, 4) is 16.4 Å². The summed E-state index contributed by atoms with van der Waals surface area (Å²) in [5.74, 6) is 0.136. The summed E-state index contributed by atoms with van der Waals surface area (Å²) in [5, 5.41) is 12.5. The van der Waals surface area contributed by atoms with E-state index in [1.54, 1.807) is 22.1 Å². The zero-order valence-electron chi connectivity index (χ0n) is 18.9. The maximum absolute atomic E-state index is 12.6. The summed E-state index contributed by atoms with van der Waals surface area (Å²) in [6.07, 6.45) is 0. The van der Waals surface area contributed by atoms with Crippen LogP contribution in [0.15, 0.2) is 65.5 Å². The van der Waals surface area contributed by atoms with Crippen LogP contribution < -0.4 is 10.9 Å². The van der Waals surface area contributed by atoms with E-state index in [1.807, 2.05) is 50.2 Å². The molecule has 0 fully saturated rings. The Kier molecular flexibility index (Phi) is 5.54. The first-order chi connectivity index (χ1) is 16.4. The lowest BCUT2D eigenvalue weighted by molar-refractivity contribution is -0.117. The lowest BCUT2D eigenvalue weighted by Crippen LogP contribution is -2.30. The summed E-state index contributed by atoms with van der Waals surface area (Å²) in [6, 6.07) is 18.6. The molecule has 0 atom stereocenters. The molecule has 5 rings (SSSR count). The van der Waals surface area contributed by atoms with Crippen LogP contribution in [-0.2, 0) is 11.3 Å². The standard InChI is InChI=1S/C25H22N6O2S/c1-15-4-9-20-21(12-15)34-25(27-20)18-5-7-19(8-6-18)26-23(32)14-30-24(33)11-10-22(29-30)31-17(3)13-16(2)28-31/h4-13H,14H2,1-3H3,(H,26,32). The summed E-state index contributed by atoms with van der Waals surface area (Å²) >= 11 is 1.64. The van der Waals surface area contributed by atoms with Crippen molar-refractivity contribution in [3.05, 3.63) is 88.0 Å². The molecule has 0 radical (unpaired) electrons. The Bertz CT molecular complexity index is 1580. The number of anilines is 1. The number of nitrogens with zero attached hydrogens (tertiary/aromatic N) is 5. The molecule has 5 aromatic rings. The molecule has 0 unspecified atom stereocenters. The Morgan fingerprint density at radius 1 is 0.971 bits per heavy atom. The first-order valence-corrected chi connectivity index (χ1v) is 11.6. The molecule has 0 aliphatic rings. The number of fused-ring (bicyclic) bond motifs is 1. The molecule has 2 aromatic carbocycles. The molecular formula is C25H22N6O2S. The van der Waals surface area contributed by atoms with Gasteiger partial charge in [0, 0.05) is 23.0 Å². The van der Waals surface area contributed by atoms with Crippen LogP contribution in [-0.4, -0.2) is 30.5 Å². The average molecular weight is 471 g/mol.